The number of piperazine rings is 1. The summed E-state index contributed by atoms with van der Waals surface area (Å²) in [5.41, 5.74) is 0.532. The van der Waals surface area contributed by atoms with Crippen LogP contribution in [-0.2, 0) is 14.4 Å². The van der Waals surface area contributed by atoms with E-state index in [2.05, 4.69) is 0 Å². The zero-order valence-electron chi connectivity index (χ0n) is 15.9. The van der Waals surface area contributed by atoms with Gasteiger partial charge in [0.15, 0.2) is 0 Å². The number of hydrogen-bond acceptors (Lipinski definition) is 4. The van der Waals surface area contributed by atoms with Crippen LogP contribution in [-0.4, -0.2) is 59.7 Å². The van der Waals surface area contributed by atoms with Crippen molar-refractivity contribution in [3.8, 4) is 0 Å². The Balaban J connectivity index is 1.41. The maximum absolute atomic E-state index is 14.0. The molecule has 0 spiro atoms. The van der Waals surface area contributed by atoms with E-state index in [0.29, 0.717) is 44.7 Å². The van der Waals surface area contributed by atoms with Gasteiger partial charge in [0.25, 0.3) is 0 Å². The monoisotopic (exact) mass is 385 g/mol. The number of imide groups is 1. The summed E-state index contributed by atoms with van der Waals surface area (Å²) >= 11 is 0. The molecule has 0 N–H and O–H groups in total. The van der Waals surface area contributed by atoms with Gasteiger partial charge in [-0.15, -0.1) is 0 Å². The molecule has 1 aromatic rings. The number of amides is 3. The Bertz CT molecular complexity index is 806. The highest BCUT2D eigenvalue weighted by molar-refractivity contribution is 6.08. The van der Waals surface area contributed by atoms with Gasteiger partial charge in [-0.05, 0) is 31.9 Å². The molecule has 3 amide bonds. The third-order valence-corrected chi connectivity index (χ3v) is 6.07. The van der Waals surface area contributed by atoms with E-state index in [4.69, 9.17) is 0 Å². The third kappa shape index (κ3) is 3.08. The fraction of sp³-hybridized carbons (Fsp3) is 0.476. The molecule has 0 radical (unpaired) electrons. The number of para-hydroxylation sites is 1. The molecule has 3 aliphatic rings. The number of likely N-dealkylation sites (tertiary alicyclic amines) is 1. The van der Waals surface area contributed by atoms with Crippen molar-refractivity contribution < 1.29 is 18.8 Å². The van der Waals surface area contributed by atoms with Gasteiger partial charge in [-0.2, -0.15) is 0 Å². The summed E-state index contributed by atoms with van der Waals surface area (Å²) in [5, 5.41) is 0. The van der Waals surface area contributed by atoms with Gasteiger partial charge >= 0.3 is 0 Å². The second-order valence-corrected chi connectivity index (χ2v) is 7.64. The van der Waals surface area contributed by atoms with Crippen LogP contribution >= 0.6 is 0 Å². The highest BCUT2D eigenvalue weighted by Gasteiger charge is 2.50. The summed E-state index contributed by atoms with van der Waals surface area (Å²) in [6.07, 6.45) is 5.00. The number of hydrogen-bond donors (Lipinski definition) is 0. The van der Waals surface area contributed by atoms with Crippen LogP contribution < -0.4 is 4.90 Å². The largest absolute Gasteiger partial charge is 0.366 e. The summed E-state index contributed by atoms with van der Waals surface area (Å²) < 4.78 is 14.0. The van der Waals surface area contributed by atoms with Crippen molar-refractivity contribution >= 4 is 23.4 Å². The smallest absolute Gasteiger partial charge is 0.245 e. The van der Waals surface area contributed by atoms with E-state index in [1.807, 2.05) is 17.1 Å². The standard InChI is InChI=1S/C21H24FN3O3/c1-14(25-20(27)15-6-2-3-7-16(15)21(25)28)19(26)24-12-10-23(11-13-24)18-9-5-4-8-17(18)22/h2-5,8-9,14-16H,6-7,10-13H2,1H3/t14-,15?,16?/m0/s1. The van der Waals surface area contributed by atoms with Gasteiger partial charge in [-0.1, -0.05) is 24.3 Å². The van der Waals surface area contributed by atoms with Crippen molar-refractivity contribution in [1.82, 2.24) is 9.80 Å². The molecule has 1 aliphatic carbocycles. The number of benzene rings is 1. The molecule has 3 atom stereocenters. The van der Waals surface area contributed by atoms with E-state index in [-0.39, 0.29) is 35.4 Å². The molecule has 2 saturated heterocycles. The van der Waals surface area contributed by atoms with Crippen LogP contribution in [0.4, 0.5) is 10.1 Å². The topological polar surface area (TPSA) is 60.9 Å². The highest BCUT2D eigenvalue weighted by atomic mass is 19.1. The first-order valence-electron chi connectivity index (χ1n) is 9.79. The first-order chi connectivity index (χ1) is 13.5. The average Bonchev–Trinajstić information content (AvgIpc) is 2.98. The van der Waals surface area contributed by atoms with Crippen LogP contribution in [0.15, 0.2) is 36.4 Å². The predicted octanol–water partition coefficient (Wildman–Crippen LogP) is 1.81. The van der Waals surface area contributed by atoms with Gasteiger partial charge < -0.3 is 9.80 Å². The van der Waals surface area contributed by atoms with Crippen LogP contribution in [0.2, 0.25) is 0 Å². The van der Waals surface area contributed by atoms with E-state index in [1.165, 1.54) is 11.0 Å². The second-order valence-electron chi connectivity index (χ2n) is 7.64. The van der Waals surface area contributed by atoms with Gasteiger partial charge in [0.1, 0.15) is 11.9 Å². The Labute approximate surface area is 163 Å². The van der Waals surface area contributed by atoms with Crippen LogP contribution in [0.5, 0.6) is 0 Å². The molecular weight excluding hydrogens is 361 g/mol. The lowest BCUT2D eigenvalue weighted by molar-refractivity contribution is -0.151. The molecule has 1 aromatic carbocycles. The predicted molar refractivity (Wildman–Crippen MR) is 102 cm³/mol. The summed E-state index contributed by atoms with van der Waals surface area (Å²) in [6.45, 7) is 3.52. The maximum atomic E-state index is 14.0. The van der Waals surface area contributed by atoms with Crippen LogP contribution in [0, 0.1) is 17.7 Å². The molecule has 2 unspecified atom stereocenters. The Kier molecular flexibility index (Phi) is 4.91. The van der Waals surface area contributed by atoms with Crippen LogP contribution in [0.1, 0.15) is 19.8 Å². The lowest BCUT2D eigenvalue weighted by Gasteiger charge is -2.38. The number of carbonyl (C=O) groups is 3. The lowest BCUT2D eigenvalue weighted by atomic mass is 9.85. The lowest BCUT2D eigenvalue weighted by Crippen LogP contribution is -2.55. The van der Waals surface area contributed by atoms with Gasteiger partial charge in [-0.25, -0.2) is 4.39 Å². The van der Waals surface area contributed by atoms with Gasteiger partial charge in [0, 0.05) is 26.2 Å². The molecular formula is C21H24FN3O3. The van der Waals surface area contributed by atoms with Crippen molar-refractivity contribution in [2.24, 2.45) is 11.8 Å². The second kappa shape index (κ2) is 7.37. The molecule has 2 fully saturated rings. The molecule has 28 heavy (non-hydrogen) atoms. The number of rotatable bonds is 3. The van der Waals surface area contributed by atoms with Crippen molar-refractivity contribution in [1.29, 1.82) is 0 Å². The number of anilines is 1. The quantitative estimate of drug-likeness (QED) is 0.588. The summed E-state index contributed by atoms with van der Waals surface area (Å²) in [6, 6.07) is 5.79. The van der Waals surface area contributed by atoms with Crippen LogP contribution in [0.25, 0.3) is 0 Å². The van der Waals surface area contributed by atoms with Crippen molar-refractivity contribution in [2.75, 3.05) is 31.1 Å². The SMILES string of the molecule is C[C@@H](C(=O)N1CCN(c2ccccc2F)CC1)N1C(=O)C2CC=CCC2C1=O. The summed E-state index contributed by atoms with van der Waals surface area (Å²) in [7, 11) is 0. The van der Waals surface area contributed by atoms with Crippen molar-refractivity contribution in [3.63, 3.8) is 0 Å². The number of nitrogens with zero attached hydrogens (tertiary/aromatic N) is 3. The maximum Gasteiger partial charge on any atom is 0.245 e. The van der Waals surface area contributed by atoms with E-state index in [1.54, 1.807) is 30.0 Å². The molecule has 0 saturated carbocycles. The van der Waals surface area contributed by atoms with E-state index in [0.717, 1.165) is 0 Å². The Morgan fingerprint density at radius 2 is 1.57 bits per heavy atom. The van der Waals surface area contributed by atoms with Gasteiger partial charge in [-0.3, -0.25) is 19.3 Å². The average molecular weight is 385 g/mol. The summed E-state index contributed by atoms with van der Waals surface area (Å²) in [5.74, 6) is -1.62. The first-order valence-corrected chi connectivity index (χ1v) is 9.79. The minimum absolute atomic E-state index is 0.221. The normalized spacial score (nSPS) is 25.9. The van der Waals surface area contributed by atoms with Crippen molar-refractivity contribution in [2.45, 2.75) is 25.8 Å². The Morgan fingerprint density at radius 3 is 2.14 bits per heavy atom. The minimum atomic E-state index is -0.800. The van der Waals surface area contributed by atoms with E-state index in [9.17, 15) is 18.8 Å². The minimum Gasteiger partial charge on any atom is -0.366 e. The fourth-order valence-corrected chi connectivity index (χ4v) is 4.46. The van der Waals surface area contributed by atoms with Crippen molar-refractivity contribution in [3.05, 3.63) is 42.2 Å². The molecule has 0 bridgehead atoms. The summed E-state index contributed by atoms with van der Waals surface area (Å²) in [4.78, 5) is 43.1. The number of carbonyl (C=O) groups excluding carboxylic acids is 3. The molecule has 6 nitrogen and oxygen atoms in total. The number of allylic oxidation sites excluding steroid dienone is 2. The fourth-order valence-electron chi connectivity index (χ4n) is 4.46. The van der Waals surface area contributed by atoms with E-state index < -0.39 is 6.04 Å². The van der Waals surface area contributed by atoms with Crippen LogP contribution in [0.3, 0.4) is 0 Å². The molecule has 0 aromatic heterocycles. The number of halogens is 1. The Morgan fingerprint density at radius 1 is 1.00 bits per heavy atom. The Hall–Kier alpha value is -2.70. The van der Waals surface area contributed by atoms with Gasteiger partial charge in [0.05, 0.1) is 17.5 Å². The number of fused-ring (bicyclic) bond motifs is 1. The molecule has 2 heterocycles. The zero-order valence-corrected chi connectivity index (χ0v) is 15.9. The first kappa shape index (κ1) is 18.7. The zero-order chi connectivity index (χ0) is 19.8. The molecule has 4 rings (SSSR count). The van der Waals surface area contributed by atoms with Gasteiger partial charge in [0.2, 0.25) is 17.7 Å². The van der Waals surface area contributed by atoms with E-state index >= 15 is 0 Å². The molecule has 148 valence electrons. The molecule has 7 heteroatoms. The molecule has 2 aliphatic heterocycles. The third-order valence-electron chi connectivity index (χ3n) is 6.07. The highest BCUT2D eigenvalue weighted by Crippen LogP contribution is 2.36.